The van der Waals surface area contributed by atoms with Crippen LogP contribution in [0.1, 0.15) is 10.4 Å². The van der Waals surface area contributed by atoms with Crippen molar-refractivity contribution in [1.82, 2.24) is 20.1 Å². The highest BCUT2D eigenvalue weighted by molar-refractivity contribution is 5.96. The van der Waals surface area contributed by atoms with E-state index in [1.807, 2.05) is 7.05 Å². The van der Waals surface area contributed by atoms with E-state index in [0.717, 1.165) is 13.1 Å². The summed E-state index contributed by atoms with van der Waals surface area (Å²) < 4.78 is 0. The predicted octanol–water partition coefficient (Wildman–Crippen LogP) is -1.12. The predicted molar refractivity (Wildman–Crippen MR) is 73.5 cm³/mol. The van der Waals surface area contributed by atoms with Crippen LogP contribution in [-0.4, -0.2) is 66.4 Å². The average molecular weight is 278 g/mol. The molecule has 0 saturated carbocycles. The number of carbonyl (C=O) groups excluding carboxylic acids is 2. The van der Waals surface area contributed by atoms with Crippen molar-refractivity contribution in [3.63, 3.8) is 0 Å². The maximum absolute atomic E-state index is 11.9. The van der Waals surface area contributed by atoms with Crippen molar-refractivity contribution < 1.29 is 9.59 Å². The molecule has 1 saturated heterocycles. The number of aromatic amines is 1. The van der Waals surface area contributed by atoms with Crippen LogP contribution in [0.5, 0.6) is 0 Å². The maximum Gasteiger partial charge on any atom is 0.253 e. The number of carbonyl (C=O) groups is 2. The molecule has 1 aromatic rings. The van der Waals surface area contributed by atoms with Crippen LogP contribution >= 0.6 is 0 Å². The average Bonchev–Trinajstić information content (AvgIpc) is 2.46. The van der Waals surface area contributed by atoms with E-state index in [4.69, 9.17) is 0 Å². The number of piperazine rings is 1. The van der Waals surface area contributed by atoms with Crippen LogP contribution < -0.4 is 10.9 Å². The molecule has 1 fully saturated rings. The van der Waals surface area contributed by atoms with Crippen molar-refractivity contribution in [3.05, 3.63) is 34.2 Å². The number of amides is 2. The summed E-state index contributed by atoms with van der Waals surface area (Å²) in [4.78, 5) is 40.9. The summed E-state index contributed by atoms with van der Waals surface area (Å²) in [7, 11) is 2.01. The number of rotatable bonds is 3. The van der Waals surface area contributed by atoms with Crippen LogP contribution in [0, 0.1) is 0 Å². The molecule has 0 aliphatic carbocycles. The summed E-state index contributed by atoms with van der Waals surface area (Å²) >= 11 is 0. The summed E-state index contributed by atoms with van der Waals surface area (Å²) in [5.41, 5.74) is 0.0610. The fourth-order valence-electron chi connectivity index (χ4n) is 1.98. The Labute approximate surface area is 116 Å². The summed E-state index contributed by atoms with van der Waals surface area (Å²) in [5, 5.41) is 2.56. The van der Waals surface area contributed by atoms with Gasteiger partial charge in [-0.1, -0.05) is 0 Å². The topological polar surface area (TPSA) is 85.5 Å². The van der Waals surface area contributed by atoms with Gasteiger partial charge in [0.05, 0.1) is 12.1 Å². The van der Waals surface area contributed by atoms with Gasteiger partial charge in [-0.05, 0) is 13.1 Å². The van der Waals surface area contributed by atoms with E-state index >= 15 is 0 Å². The Morgan fingerprint density at radius 2 is 1.95 bits per heavy atom. The Morgan fingerprint density at radius 1 is 1.25 bits per heavy atom. The number of hydrogen-bond acceptors (Lipinski definition) is 4. The number of likely N-dealkylation sites (N-methyl/N-ethyl adjacent to an activating group) is 1. The molecule has 0 aromatic carbocycles. The molecule has 1 aromatic heterocycles. The van der Waals surface area contributed by atoms with Crippen molar-refractivity contribution in [1.29, 1.82) is 0 Å². The summed E-state index contributed by atoms with van der Waals surface area (Å²) in [6.07, 6.45) is 1.33. The first-order valence-electron chi connectivity index (χ1n) is 6.49. The van der Waals surface area contributed by atoms with Gasteiger partial charge in [-0.25, -0.2) is 0 Å². The second-order valence-electron chi connectivity index (χ2n) is 4.81. The second-order valence-corrected chi connectivity index (χ2v) is 4.81. The lowest BCUT2D eigenvalue weighted by molar-refractivity contribution is -0.131. The van der Waals surface area contributed by atoms with Crippen molar-refractivity contribution in [2.24, 2.45) is 0 Å². The van der Waals surface area contributed by atoms with E-state index in [0.29, 0.717) is 18.7 Å². The molecule has 7 heteroatoms. The summed E-state index contributed by atoms with van der Waals surface area (Å²) in [5.74, 6) is -0.459. The van der Waals surface area contributed by atoms with Crippen LogP contribution in [0.25, 0.3) is 0 Å². The third kappa shape index (κ3) is 3.67. The zero-order chi connectivity index (χ0) is 14.5. The first-order chi connectivity index (χ1) is 9.56. The van der Waals surface area contributed by atoms with Gasteiger partial charge in [-0.2, -0.15) is 0 Å². The van der Waals surface area contributed by atoms with Crippen LogP contribution in [-0.2, 0) is 4.79 Å². The highest BCUT2D eigenvalue weighted by Gasteiger charge is 2.19. The van der Waals surface area contributed by atoms with Crippen molar-refractivity contribution in [3.8, 4) is 0 Å². The molecule has 2 amide bonds. The molecule has 2 N–H and O–H groups in total. The molecule has 0 radical (unpaired) electrons. The first-order valence-corrected chi connectivity index (χ1v) is 6.49. The van der Waals surface area contributed by atoms with Crippen molar-refractivity contribution >= 4 is 11.8 Å². The minimum atomic E-state index is -0.372. The molecule has 0 bridgehead atoms. The Kier molecular flexibility index (Phi) is 4.52. The molecular formula is C13H18N4O3. The highest BCUT2D eigenvalue weighted by Crippen LogP contribution is 1.99. The lowest BCUT2D eigenvalue weighted by atomic mass is 10.2. The smallest absolute Gasteiger partial charge is 0.253 e. The zero-order valence-electron chi connectivity index (χ0n) is 11.4. The maximum atomic E-state index is 11.9. The standard InChI is InChI=1S/C13H18N4O3/c1-16-4-6-17(7-5-16)12(19)9-15-13(20)10-2-3-11(18)14-8-10/h2-3,8H,4-7,9H2,1H3,(H,14,18)(H,15,20). The number of nitrogens with zero attached hydrogens (tertiary/aromatic N) is 2. The number of nitrogens with one attached hydrogen (secondary N) is 2. The molecule has 0 unspecified atom stereocenters. The molecule has 0 spiro atoms. The van der Waals surface area contributed by atoms with Crippen LogP contribution in [0.4, 0.5) is 0 Å². The monoisotopic (exact) mass is 278 g/mol. The fourth-order valence-corrected chi connectivity index (χ4v) is 1.98. The third-order valence-electron chi connectivity index (χ3n) is 3.30. The van der Waals surface area contributed by atoms with E-state index in [1.165, 1.54) is 18.3 Å². The van der Waals surface area contributed by atoms with E-state index in [-0.39, 0.29) is 23.9 Å². The quantitative estimate of drug-likeness (QED) is 0.733. The van der Waals surface area contributed by atoms with Gasteiger partial charge in [0.25, 0.3) is 5.91 Å². The van der Waals surface area contributed by atoms with Gasteiger partial charge < -0.3 is 20.1 Å². The Bertz CT molecular complexity index is 526. The molecule has 108 valence electrons. The van der Waals surface area contributed by atoms with Crippen molar-refractivity contribution in [2.45, 2.75) is 0 Å². The normalized spacial score (nSPS) is 15.9. The minimum Gasteiger partial charge on any atom is -0.343 e. The van der Waals surface area contributed by atoms with Gasteiger partial charge in [0.1, 0.15) is 0 Å². The summed E-state index contributed by atoms with van der Waals surface area (Å²) in [6.45, 7) is 3.04. The largest absolute Gasteiger partial charge is 0.343 e. The van der Waals surface area contributed by atoms with E-state index in [9.17, 15) is 14.4 Å². The lowest BCUT2D eigenvalue weighted by Crippen LogP contribution is -2.50. The number of hydrogen-bond donors (Lipinski definition) is 2. The van der Waals surface area contributed by atoms with Crippen LogP contribution in [0.15, 0.2) is 23.1 Å². The molecule has 1 aliphatic rings. The molecule has 7 nitrogen and oxygen atoms in total. The van der Waals surface area contributed by atoms with Gasteiger partial charge in [-0.15, -0.1) is 0 Å². The first kappa shape index (κ1) is 14.3. The Hall–Kier alpha value is -2.15. The molecule has 20 heavy (non-hydrogen) atoms. The molecule has 2 heterocycles. The number of H-pyrrole nitrogens is 1. The van der Waals surface area contributed by atoms with E-state index in [2.05, 4.69) is 15.2 Å². The number of aromatic nitrogens is 1. The van der Waals surface area contributed by atoms with Crippen molar-refractivity contribution in [2.75, 3.05) is 39.8 Å². The third-order valence-corrected chi connectivity index (χ3v) is 3.30. The van der Waals surface area contributed by atoms with E-state index in [1.54, 1.807) is 4.90 Å². The molecule has 1 aliphatic heterocycles. The molecule has 2 rings (SSSR count). The Morgan fingerprint density at radius 3 is 2.55 bits per heavy atom. The van der Waals surface area contributed by atoms with Gasteiger partial charge in [-0.3, -0.25) is 14.4 Å². The molecular weight excluding hydrogens is 260 g/mol. The van der Waals surface area contributed by atoms with E-state index < -0.39 is 0 Å². The van der Waals surface area contributed by atoms with Crippen LogP contribution in [0.3, 0.4) is 0 Å². The van der Waals surface area contributed by atoms with Gasteiger partial charge in [0.15, 0.2) is 0 Å². The second kappa shape index (κ2) is 6.33. The van der Waals surface area contributed by atoms with Gasteiger partial charge in [0, 0.05) is 38.4 Å². The Balaban J connectivity index is 1.82. The molecule has 0 atom stereocenters. The minimum absolute atomic E-state index is 0.0261. The number of pyridine rings is 1. The fraction of sp³-hybridized carbons (Fsp3) is 0.462. The SMILES string of the molecule is CN1CCN(C(=O)CNC(=O)c2ccc(=O)[nH]c2)CC1. The lowest BCUT2D eigenvalue weighted by Gasteiger charge is -2.32. The van der Waals surface area contributed by atoms with Crippen LogP contribution in [0.2, 0.25) is 0 Å². The summed E-state index contributed by atoms with van der Waals surface area (Å²) in [6, 6.07) is 2.70. The zero-order valence-corrected chi connectivity index (χ0v) is 11.4. The van der Waals surface area contributed by atoms with Gasteiger partial charge in [0.2, 0.25) is 11.5 Å². The van der Waals surface area contributed by atoms with Gasteiger partial charge >= 0.3 is 0 Å². The highest BCUT2D eigenvalue weighted by atomic mass is 16.2.